The summed E-state index contributed by atoms with van der Waals surface area (Å²) >= 11 is 0. The second-order valence-corrected chi connectivity index (χ2v) is 6.79. The zero-order chi connectivity index (χ0) is 14.8. The van der Waals surface area contributed by atoms with E-state index < -0.39 is 10.0 Å². The van der Waals surface area contributed by atoms with E-state index in [9.17, 15) is 8.42 Å². The maximum Gasteiger partial charge on any atom is 0.246 e. The van der Waals surface area contributed by atoms with E-state index in [1.807, 2.05) is 0 Å². The van der Waals surface area contributed by atoms with E-state index in [1.165, 1.54) is 4.31 Å². The zero-order valence-corrected chi connectivity index (χ0v) is 12.6. The number of nitrogens with one attached hydrogen (secondary N) is 1. The van der Waals surface area contributed by atoms with Gasteiger partial charge in [-0.25, -0.2) is 8.42 Å². The zero-order valence-electron chi connectivity index (χ0n) is 11.8. The van der Waals surface area contributed by atoms with E-state index in [4.69, 9.17) is 5.26 Å². The fourth-order valence-corrected chi connectivity index (χ4v) is 4.21. The second kappa shape index (κ2) is 5.91. The molecule has 0 radical (unpaired) electrons. The molecule has 1 saturated heterocycles. The number of aromatic amines is 1. The summed E-state index contributed by atoms with van der Waals surface area (Å²) in [5, 5.41) is 15.2. The SMILES string of the molecule is Cc1n[nH]c(C)c1S(=O)(=O)N1CCN(CCC#N)CC1. The van der Waals surface area contributed by atoms with Gasteiger partial charge >= 0.3 is 0 Å². The molecule has 20 heavy (non-hydrogen) atoms. The van der Waals surface area contributed by atoms with Crippen molar-refractivity contribution in [2.75, 3.05) is 32.7 Å². The summed E-state index contributed by atoms with van der Waals surface area (Å²) < 4.78 is 26.7. The van der Waals surface area contributed by atoms with E-state index >= 15 is 0 Å². The maximum absolute atomic E-state index is 12.6. The smallest absolute Gasteiger partial charge is 0.246 e. The summed E-state index contributed by atoms with van der Waals surface area (Å²) in [5.74, 6) is 0. The van der Waals surface area contributed by atoms with Crippen LogP contribution in [-0.4, -0.2) is 60.5 Å². The molecule has 1 N–H and O–H groups in total. The molecule has 1 aliphatic rings. The van der Waals surface area contributed by atoms with Crippen LogP contribution in [0.15, 0.2) is 4.90 Å². The molecule has 0 bridgehead atoms. The van der Waals surface area contributed by atoms with Crippen LogP contribution in [0.25, 0.3) is 0 Å². The molecule has 0 spiro atoms. The third-order valence-electron chi connectivity index (χ3n) is 3.53. The normalized spacial score (nSPS) is 18.1. The molecule has 1 aliphatic heterocycles. The van der Waals surface area contributed by atoms with E-state index in [-0.39, 0.29) is 0 Å². The maximum atomic E-state index is 12.6. The average molecular weight is 297 g/mol. The summed E-state index contributed by atoms with van der Waals surface area (Å²) in [7, 11) is -3.48. The van der Waals surface area contributed by atoms with Crippen molar-refractivity contribution in [1.29, 1.82) is 5.26 Å². The van der Waals surface area contributed by atoms with Crippen LogP contribution in [0.3, 0.4) is 0 Å². The Morgan fingerprint density at radius 1 is 1.30 bits per heavy atom. The molecule has 110 valence electrons. The molecule has 1 aromatic heterocycles. The van der Waals surface area contributed by atoms with Crippen LogP contribution >= 0.6 is 0 Å². The van der Waals surface area contributed by atoms with Crippen LogP contribution in [0.5, 0.6) is 0 Å². The largest absolute Gasteiger partial charge is 0.300 e. The van der Waals surface area contributed by atoms with Gasteiger partial charge in [0.2, 0.25) is 10.0 Å². The van der Waals surface area contributed by atoms with Crippen LogP contribution in [0.2, 0.25) is 0 Å². The molecular weight excluding hydrogens is 278 g/mol. The first kappa shape index (κ1) is 15.0. The molecule has 0 atom stereocenters. The van der Waals surface area contributed by atoms with E-state index in [0.717, 1.165) is 0 Å². The highest BCUT2D eigenvalue weighted by atomic mass is 32.2. The first-order valence-corrected chi connectivity index (χ1v) is 8.02. The average Bonchev–Trinajstić information content (AvgIpc) is 2.77. The van der Waals surface area contributed by atoms with Crippen molar-refractivity contribution in [3.8, 4) is 6.07 Å². The van der Waals surface area contributed by atoms with E-state index in [1.54, 1.807) is 13.8 Å². The lowest BCUT2D eigenvalue weighted by Gasteiger charge is -2.33. The highest BCUT2D eigenvalue weighted by Crippen LogP contribution is 2.22. The number of H-pyrrole nitrogens is 1. The molecule has 2 rings (SSSR count). The Bertz CT molecular complexity index is 589. The standard InChI is InChI=1S/C12H19N5O2S/c1-10-12(11(2)15-14-10)20(18,19)17-8-6-16(7-9-17)5-3-4-13/h3,5-9H2,1-2H3,(H,14,15). The van der Waals surface area contributed by atoms with E-state index in [2.05, 4.69) is 21.2 Å². The molecule has 2 heterocycles. The van der Waals surface area contributed by atoms with Crippen LogP contribution in [0.4, 0.5) is 0 Å². The number of hydrogen-bond acceptors (Lipinski definition) is 5. The van der Waals surface area contributed by atoms with Crippen molar-refractivity contribution in [1.82, 2.24) is 19.4 Å². The molecule has 1 aromatic rings. The quantitative estimate of drug-likeness (QED) is 0.859. The topological polar surface area (TPSA) is 93.1 Å². The number of rotatable bonds is 4. The lowest BCUT2D eigenvalue weighted by atomic mass is 10.3. The minimum Gasteiger partial charge on any atom is -0.300 e. The third-order valence-corrected chi connectivity index (χ3v) is 5.69. The minimum atomic E-state index is -3.48. The molecule has 0 aliphatic carbocycles. The van der Waals surface area contributed by atoms with Gasteiger partial charge in [-0.15, -0.1) is 0 Å². The second-order valence-electron chi connectivity index (χ2n) is 4.92. The van der Waals surface area contributed by atoms with E-state index in [0.29, 0.717) is 55.4 Å². The third kappa shape index (κ3) is 2.85. The Morgan fingerprint density at radius 3 is 2.45 bits per heavy atom. The van der Waals surface area contributed by atoms with Gasteiger partial charge in [0.15, 0.2) is 0 Å². The molecule has 0 aromatic carbocycles. The highest BCUT2D eigenvalue weighted by Gasteiger charge is 2.31. The minimum absolute atomic E-state index is 0.294. The predicted octanol–water partition coefficient (Wildman–Crippen LogP) is 0.247. The van der Waals surface area contributed by atoms with Crippen molar-refractivity contribution in [2.24, 2.45) is 0 Å². The van der Waals surface area contributed by atoms with Crippen molar-refractivity contribution < 1.29 is 8.42 Å². The molecule has 1 fully saturated rings. The summed E-state index contributed by atoms with van der Waals surface area (Å²) in [4.78, 5) is 2.41. The van der Waals surface area contributed by atoms with Gasteiger partial charge in [0, 0.05) is 39.1 Å². The number of nitrogens with zero attached hydrogens (tertiary/aromatic N) is 4. The Hall–Kier alpha value is -1.43. The number of aromatic nitrogens is 2. The van der Waals surface area contributed by atoms with Crippen LogP contribution in [0, 0.1) is 25.2 Å². The van der Waals surface area contributed by atoms with Gasteiger partial charge < -0.3 is 0 Å². The summed E-state index contributed by atoms with van der Waals surface area (Å²) in [6.07, 6.45) is 0.479. The number of aryl methyl sites for hydroxylation is 2. The molecule has 0 amide bonds. The number of nitriles is 1. The lowest BCUT2D eigenvalue weighted by molar-refractivity contribution is 0.191. The van der Waals surface area contributed by atoms with Gasteiger partial charge in [0.05, 0.1) is 17.5 Å². The number of sulfonamides is 1. The monoisotopic (exact) mass is 297 g/mol. The Balaban J connectivity index is 2.09. The summed E-state index contributed by atoms with van der Waals surface area (Å²) in [5.41, 5.74) is 1.09. The fourth-order valence-electron chi connectivity index (χ4n) is 2.45. The first-order chi connectivity index (χ1) is 9.46. The molecule has 8 heteroatoms. The number of hydrogen-bond donors (Lipinski definition) is 1. The first-order valence-electron chi connectivity index (χ1n) is 6.58. The van der Waals surface area contributed by atoms with Gasteiger partial charge in [-0.2, -0.15) is 14.7 Å². The van der Waals surface area contributed by atoms with Gasteiger partial charge in [-0.3, -0.25) is 10.00 Å². The van der Waals surface area contributed by atoms with Gasteiger partial charge in [-0.1, -0.05) is 0 Å². The summed E-state index contributed by atoms with van der Waals surface area (Å²) in [6, 6.07) is 2.11. The Labute approximate surface area is 119 Å². The highest BCUT2D eigenvalue weighted by molar-refractivity contribution is 7.89. The van der Waals surface area contributed by atoms with Crippen molar-refractivity contribution >= 4 is 10.0 Å². The molecular formula is C12H19N5O2S. The van der Waals surface area contributed by atoms with Crippen LogP contribution < -0.4 is 0 Å². The van der Waals surface area contributed by atoms with Gasteiger partial charge in [0.25, 0.3) is 0 Å². The van der Waals surface area contributed by atoms with Crippen LogP contribution in [-0.2, 0) is 10.0 Å². The predicted molar refractivity (Wildman–Crippen MR) is 73.5 cm³/mol. The lowest BCUT2D eigenvalue weighted by Crippen LogP contribution is -2.48. The fraction of sp³-hybridized carbons (Fsp3) is 0.667. The van der Waals surface area contributed by atoms with Crippen molar-refractivity contribution in [3.05, 3.63) is 11.4 Å². The Kier molecular flexibility index (Phi) is 4.42. The van der Waals surface area contributed by atoms with Gasteiger partial charge in [-0.05, 0) is 13.8 Å². The van der Waals surface area contributed by atoms with Crippen LogP contribution in [0.1, 0.15) is 17.8 Å². The Morgan fingerprint density at radius 2 is 1.95 bits per heavy atom. The molecule has 0 unspecified atom stereocenters. The van der Waals surface area contributed by atoms with Crippen molar-refractivity contribution in [3.63, 3.8) is 0 Å². The van der Waals surface area contributed by atoms with Crippen molar-refractivity contribution in [2.45, 2.75) is 25.2 Å². The summed E-state index contributed by atoms with van der Waals surface area (Å²) in [6.45, 7) is 6.35. The molecule has 7 nitrogen and oxygen atoms in total. The number of piperazine rings is 1. The van der Waals surface area contributed by atoms with Gasteiger partial charge in [0.1, 0.15) is 4.90 Å². The molecule has 0 saturated carbocycles.